The lowest BCUT2D eigenvalue weighted by molar-refractivity contribution is -0.385. The van der Waals surface area contributed by atoms with Crippen molar-refractivity contribution in [2.45, 2.75) is 99.4 Å². The Balaban J connectivity index is 0.000000234. The van der Waals surface area contributed by atoms with Crippen LogP contribution in [0.5, 0.6) is 23.0 Å². The number of hydrogen-bond donors (Lipinski definition) is 4. The summed E-state index contributed by atoms with van der Waals surface area (Å²) in [5.41, 5.74) is 16.7. The summed E-state index contributed by atoms with van der Waals surface area (Å²) in [7, 11) is 0. The third-order valence-corrected chi connectivity index (χ3v) is 14.5. The monoisotopic (exact) mass is 1310 g/mol. The molecule has 0 aromatic heterocycles. The van der Waals surface area contributed by atoms with Crippen molar-refractivity contribution in [2.24, 2.45) is 0 Å². The predicted molar refractivity (Wildman–Crippen MR) is 357 cm³/mol. The van der Waals surface area contributed by atoms with Gasteiger partial charge >= 0.3 is 0 Å². The second kappa shape index (κ2) is 41.5. The van der Waals surface area contributed by atoms with E-state index in [1.807, 2.05) is 106 Å². The maximum absolute atomic E-state index is 12.3. The van der Waals surface area contributed by atoms with E-state index >= 15 is 0 Å². The highest BCUT2D eigenvalue weighted by Gasteiger charge is 2.35. The minimum Gasteiger partial charge on any atom is -0.489 e. The molecule has 9 aliphatic rings. The predicted octanol–water partition coefficient (Wildman–Crippen LogP) is 10.1. The first-order valence-electron chi connectivity index (χ1n) is 32.0. The Labute approximate surface area is 544 Å². The second-order valence-corrected chi connectivity index (χ2v) is 20.0. The Bertz CT molecular complexity index is 3040. The molecule has 0 bridgehead atoms. The molecule has 5 atom stereocenters. The maximum Gasteiger partial charge on any atom is 0.273 e. The molecule has 5 saturated heterocycles. The Morgan fingerprint density at radius 2 is 0.785 bits per heavy atom. The number of nitro benzene ring substituents is 3. The van der Waals surface area contributed by atoms with E-state index in [-0.39, 0.29) is 41.0 Å². The maximum atomic E-state index is 12.3. The number of aliphatic hydroxyl groups is 1. The van der Waals surface area contributed by atoms with E-state index in [0.717, 1.165) is 117 Å². The van der Waals surface area contributed by atoms with E-state index < -0.39 is 27.2 Å². The van der Waals surface area contributed by atoms with Crippen LogP contribution in [0.4, 0.5) is 60.0 Å². The quantitative estimate of drug-likeness (QED) is 0.0738. The molecule has 28 heteroatoms. The Morgan fingerprint density at radius 3 is 1.22 bits per heavy atom. The molecule has 9 heterocycles. The van der Waals surface area contributed by atoms with Crippen LogP contribution in [-0.4, -0.2) is 182 Å². The van der Waals surface area contributed by atoms with Gasteiger partial charge in [-0.25, -0.2) is 8.78 Å². The van der Waals surface area contributed by atoms with Crippen molar-refractivity contribution < 1.29 is 71.3 Å². The molecule has 5 fully saturated rings. The van der Waals surface area contributed by atoms with Crippen LogP contribution in [0.3, 0.4) is 0 Å². The van der Waals surface area contributed by atoms with E-state index in [2.05, 4.69) is 24.9 Å². The third kappa shape index (κ3) is 22.3. The molecule has 0 amide bonds. The zero-order chi connectivity index (χ0) is 68.4. The number of hydrogen-bond acceptors (Lipinski definition) is 23. The number of nitrogens with zero attached hydrogens (tertiary/aromatic N) is 7. The molecule has 6 N–H and O–H groups in total. The Kier molecular flexibility index (Phi) is 34.5. The van der Waals surface area contributed by atoms with Gasteiger partial charge in [-0.1, -0.05) is 69.2 Å². The molecular weight excluding hydrogens is 1210 g/mol. The lowest BCUT2D eigenvalue weighted by Gasteiger charge is -2.41. The van der Waals surface area contributed by atoms with E-state index in [1.165, 1.54) is 18.2 Å². The molecule has 9 aliphatic heterocycles. The topological polar surface area (TPSA) is 310 Å². The van der Waals surface area contributed by atoms with Gasteiger partial charge in [0.25, 0.3) is 17.1 Å². The fourth-order valence-electron chi connectivity index (χ4n) is 10.2. The molecule has 0 spiro atoms. The van der Waals surface area contributed by atoms with Crippen molar-refractivity contribution >= 4 is 51.2 Å². The van der Waals surface area contributed by atoms with Crippen LogP contribution in [0, 0.1) is 42.0 Å². The number of rotatable bonds is 4. The summed E-state index contributed by atoms with van der Waals surface area (Å²) >= 11 is 0. The van der Waals surface area contributed by atoms with Crippen LogP contribution in [0.25, 0.3) is 0 Å². The van der Waals surface area contributed by atoms with E-state index in [4.69, 9.17) is 59.2 Å². The highest BCUT2D eigenvalue weighted by atomic mass is 19.2. The van der Waals surface area contributed by atoms with Gasteiger partial charge in [0.05, 0.1) is 153 Å². The minimum absolute atomic E-state index is 0.0652. The van der Waals surface area contributed by atoms with Crippen LogP contribution in [0.1, 0.15) is 69.2 Å². The largest absolute Gasteiger partial charge is 0.489 e. The fraction of sp³-hybridized carbons (Fsp3) is 0.538. The molecule has 5 unspecified atom stereocenters. The number of morpholine rings is 5. The molecule has 5 aromatic rings. The van der Waals surface area contributed by atoms with Gasteiger partial charge in [-0.15, -0.1) is 0 Å². The minimum atomic E-state index is -1.21. The summed E-state index contributed by atoms with van der Waals surface area (Å²) in [6, 6.07) is 24.5. The van der Waals surface area contributed by atoms with Crippen LogP contribution >= 0.6 is 0 Å². The summed E-state index contributed by atoms with van der Waals surface area (Å²) in [4.78, 5) is 38.9. The van der Waals surface area contributed by atoms with E-state index in [1.54, 1.807) is 18.2 Å². The van der Waals surface area contributed by atoms with Crippen molar-refractivity contribution in [3.05, 3.63) is 133 Å². The number of nitrogens with two attached hydrogens (primary N) is 2. The van der Waals surface area contributed by atoms with Gasteiger partial charge in [-0.05, 0) is 48.5 Å². The number of benzene rings is 5. The van der Waals surface area contributed by atoms with Crippen molar-refractivity contribution in [2.75, 3.05) is 163 Å². The van der Waals surface area contributed by atoms with Gasteiger partial charge in [-0.2, -0.15) is 0 Å². The Hall–Kier alpha value is -8.12. The molecule has 14 rings (SSSR count). The number of nitro groups is 3. The molecule has 0 aliphatic carbocycles. The molecular formula is C65H96F2N10O16. The van der Waals surface area contributed by atoms with Gasteiger partial charge in [0.15, 0.2) is 11.6 Å². The highest BCUT2D eigenvalue weighted by Crippen LogP contribution is 2.40. The summed E-state index contributed by atoms with van der Waals surface area (Å²) in [5, 5.41) is 43.1. The fourth-order valence-corrected chi connectivity index (χ4v) is 10.2. The third-order valence-electron chi connectivity index (χ3n) is 14.5. The van der Waals surface area contributed by atoms with Crippen molar-refractivity contribution in [1.82, 2.24) is 5.32 Å². The number of ether oxygens (including phenoxy) is 9. The first kappa shape index (κ1) is 77.3. The van der Waals surface area contributed by atoms with Crippen molar-refractivity contribution in [1.29, 1.82) is 0 Å². The second-order valence-electron chi connectivity index (χ2n) is 20.0. The van der Waals surface area contributed by atoms with Gasteiger partial charge in [-0.3, -0.25) is 30.3 Å². The van der Waals surface area contributed by atoms with Crippen LogP contribution in [0.15, 0.2) is 91.0 Å². The van der Waals surface area contributed by atoms with Crippen LogP contribution in [-0.2, 0) is 23.7 Å². The van der Waals surface area contributed by atoms with Gasteiger partial charge < -0.3 is 84.1 Å². The number of anilines is 6. The van der Waals surface area contributed by atoms with E-state index in [9.17, 15) is 39.1 Å². The summed E-state index contributed by atoms with van der Waals surface area (Å²) in [5.74, 6) is 0.844. The lowest BCUT2D eigenvalue weighted by Crippen LogP contribution is -2.51. The average molecular weight is 1310 g/mol. The number of halogens is 2. The van der Waals surface area contributed by atoms with Crippen LogP contribution < -0.4 is 55.3 Å². The molecule has 5 aromatic carbocycles. The first-order valence-corrected chi connectivity index (χ1v) is 32.0. The Morgan fingerprint density at radius 1 is 0.430 bits per heavy atom. The average Bonchev–Trinajstić information content (AvgIpc) is 0.839. The van der Waals surface area contributed by atoms with Crippen molar-refractivity contribution in [3.8, 4) is 23.0 Å². The lowest BCUT2D eigenvalue weighted by atomic mass is 10.1. The normalized spacial score (nSPS) is 20.0. The zero-order valence-corrected chi connectivity index (χ0v) is 55.3. The van der Waals surface area contributed by atoms with Gasteiger partial charge in [0.2, 0.25) is 0 Å². The standard InChI is InChI=1S/2C11H12N2O4.2C11H14N2O2.C6H3F2NO2.C5H11NO2.5C2H6/c14-13(15)8-1-2-11-10(5-8)12-3-4-16-6-9(12)7-17-11;14-13(15)8-1-2-10-11(5-8)17-7-9-6-16-4-3-12(9)10;12-8-1-2-11-10(5-8)13-3-4-14-6-9(13)7-15-11;12-8-1-2-10-11(5-8)15-7-9-6-14-4-3-13(9)10;7-5-2-1-4(9(10)11)3-6(5)8;7-3-5-4-8-2-1-6-5;5*1-2/h2*1-2,5,9H,3-4,6-7H2;2*1-2,5,9H,3-4,6-7,12H2;1-3H;5-7H,1-4H2;5*1-2H3. The smallest absolute Gasteiger partial charge is 0.273 e. The summed E-state index contributed by atoms with van der Waals surface area (Å²) in [6.45, 7) is 34.0. The van der Waals surface area contributed by atoms with Crippen LogP contribution in [0.2, 0.25) is 0 Å². The van der Waals surface area contributed by atoms with E-state index in [0.29, 0.717) is 95.2 Å². The number of fused-ring (bicyclic) bond motifs is 12. The molecule has 93 heavy (non-hydrogen) atoms. The first-order chi connectivity index (χ1) is 45.2. The number of aliphatic hydroxyl groups excluding tert-OH is 1. The highest BCUT2D eigenvalue weighted by molar-refractivity contribution is 5.68. The SMILES string of the molecule is CC.CC.CC.CC.CC.Nc1ccc2c(c1)N1CCOCC1CO2.Nc1ccc2c(c1)OCC1COCCN21.O=[N+]([O-])c1ccc(F)c(F)c1.O=[N+]([O-])c1ccc2c(c1)N1CCOCC1CO2.O=[N+]([O-])c1ccc2c(c1)OCC1COCCN21.OCC1COCCN1. The molecule has 0 radical (unpaired) electrons. The molecule has 0 saturated carbocycles. The zero-order valence-electron chi connectivity index (χ0n) is 55.3. The summed E-state index contributed by atoms with van der Waals surface area (Å²) < 4.78 is 73.6. The summed E-state index contributed by atoms with van der Waals surface area (Å²) in [6.07, 6.45) is 0. The van der Waals surface area contributed by atoms with Gasteiger partial charge in [0.1, 0.15) is 49.4 Å². The number of nitrogen functional groups attached to an aromatic ring is 2. The molecule has 516 valence electrons. The number of nitrogens with one attached hydrogen (secondary N) is 1. The molecule has 26 nitrogen and oxygen atoms in total. The van der Waals surface area contributed by atoms with Gasteiger partial charge in [0, 0.05) is 74.4 Å². The number of non-ortho nitro benzene ring substituents is 3. The van der Waals surface area contributed by atoms with Crippen molar-refractivity contribution in [3.63, 3.8) is 0 Å².